The van der Waals surface area contributed by atoms with Gasteiger partial charge in [-0.25, -0.2) is 14.4 Å². The third-order valence-electron chi connectivity index (χ3n) is 4.96. The molecule has 0 fully saturated rings. The molecular weight excluding hydrogens is 467 g/mol. The summed E-state index contributed by atoms with van der Waals surface area (Å²) in [6.07, 6.45) is 0. The molecule has 2 aromatic carbocycles. The Bertz CT molecular complexity index is 1340. The van der Waals surface area contributed by atoms with Crippen LogP contribution < -0.4 is 21.3 Å². The Kier molecular flexibility index (Phi) is 7.16. The first-order chi connectivity index (χ1) is 16.8. The maximum atomic E-state index is 13.2. The van der Waals surface area contributed by atoms with E-state index in [9.17, 15) is 9.18 Å². The number of aromatic amines is 1. The number of aryl methyl sites for hydroxylation is 1. The van der Waals surface area contributed by atoms with E-state index in [1.165, 1.54) is 30.0 Å². The largest absolute Gasteiger partial charge is 0.397 e. The zero-order chi connectivity index (χ0) is 24.9. The van der Waals surface area contributed by atoms with Gasteiger partial charge in [-0.3, -0.25) is 9.89 Å². The number of aromatic nitrogens is 4. The summed E-state index contributed by atoms with van der Waals surface area (Å²) in [6, 6.07) is 14.8. The van der Waals surface area contributed by atoms with Gasteiger partial charge >= 0.3 is 0 Å². The summed E-state index contributed by atoms with van der Waals surface area (Å²) >= 11 is 1.49. The molecule has 2 heterocycles. The second-order valence-corrected chi connectivity index (χ2v) is 8.96. The molecule has 0 spiro atoms. The summed E-state index contributed by atoms with van der Waals surface area (Å²) in [6.45, 7) is 1.93. The fraction of sp³-hybridized carbons (Fsp3) is 0.167. The van der Waals surface area contributed by atoms with Crippen molar-refractivity contribution in [3.05, 3.63) is 77.2 Å². The van der Waals surface area contributed by atoms with E-state index in [4.69, 9.17) is 5.73 Å². The number of benzene rings is 2. The minimum absolute atomic E-state index is 0.169. The monoisotopic (exact) mass is 492 g/mol. The molecule has 180 valence electrons. The van der Waals surface area contributed by atoms with Crippen LogP contribution in [0.4, 0.5) is 33.2 Å². The van der Waals surface area contributed by atoms with Crippen molar-refractivity contribution in [2.75, 3.05) is 35.4 Å². The predicted octanol–water partition coefficient (Wildman–Crippen LogP) is 4.58. The smallest absolute Gasteiger partial charge is 0.255 e. The van der Waals surface area contributed by atoms with Crippen molar-refractivity contribution in [2.24, 2.45) is 0 Å². The molecule has 9 nitrogen and oxygen atoms in total. The number of nitrogens with two attached hydrogens (primary N) is 1. The summed E-state index contributed by atoms with van der Waals surface area (Å²) in [7, 11) is 3.84. The molecule has 4 aromatic rings. The molecule has 0 aliphatic rings. The first-order valence-electron chi connectivity index (χ1n) is 10.7. The molecule has 0 unspecified atom stereocenters. The molecule has 2 aromatic heterocycles. The Labute approximate surface area is 206 Å². The molecule has 5 N–H and O–H groups in total. The maximum Gasteiger partial charge on any atom is 0.255 e. The first-order valence-corrected chi connectivity index (χ1v) is 11.7. The molecule has 0 radical (unpaired) electrons. The summed E-state index contributed by atoms with van der Waals surface area (Å²) in [5.41, 5.74) is 8.72. The zero-order valence-corrected chi connectivity index (χ0v) is 20.3. The van der Waals surface area contributed by atoms with Crippen LogP contribution in [0.2, 0.25) is 0 Å². The number of nitrogens with one attached hydrogen (secondary N) is 3. The highest BCUT2D eigenvalue weighted by atomic mass is 32.2. The van der Waals surface area contributed by atoms with Gasteiger partial charge in [0.2, 0.25) is 0 Å². The normalized spacial score (nSPS) is 10.7. The third kappa shape index (κ3) is 6.27. The minimum atomic E-state index is -0.457. The molecule has 0 saturated carbocycles. The molecule has 0 saturated heterocycles. The van der Waals surface area contributed by atoms with Gasteiger partial charge in [-0.1, -0.05) is 23.9 Å². The van der Waals surface area contributed by atoms with Gasteiger partial charge in [-0.2, -0.15) is 5.10 Å². The summed E-state index contributed by atoms with van der Waals surface area (Å²) in [4.78, 5) is 23.6. The Hall–Kier alpha value is -4.12. The number of H-pyrrole nitrogens is 1. The lowest BCUT2D eigenvalue weighted by atomic mass is 10.1. The average molecular weight is 493 g/mol. The standard InChI is InChI=1S/C24H25FN8OS/c1-14-10-21(32-31-14)28-20-12-22(33(2)3)30-24(29-20)35-13-15-4-6-16(7-5-15)23(34)27-19-9-8-17(25)11-18(19)26/h4-12H,13,26H2,1-3H3,(H,27,34)(H2,28,29,30,31,32). The van der Waals surface area contributed by atoms with Crippen LogP contribution in [0.25, 0.3) is 0 Å². The Morgan fingerprint density at radius 2 is 1.86 bits per heavy atom. The van der Waals surface area contributed by atoms with E-state index >= 15 is 0 Å². The number of halogens is 1. The van der Waals surface area contributed by atoms with Crippen LogP contribution in [0.15, 0.2) is 59.8 Å². The van der Waals surface area contributed by atoms with Crippen molar-refractivity contribution >= 4 is 46.5 Å². The fourth-order valence-electron chi connectivity index (χ4n) is 3.13. The van der Waals surface area contributed by atoms with E-state index in [1.807, 2.05) is 50.2 Å². The topological polar surface area (TPSA) is 125 Å². The van der Waals surface area contributed by atoms with Gasteiger partial charge in [-0.05, 0) is 42.8 Å². The van der Waals surface area contributed by atoms with Crippen LogP contribution in [0.1, 0.15) is 21.6 Å². The number of hydrogen-bond acceptors (Lipinski definition) is 8. The number of anilines is 5. The highest BCUT2D eigenvalue weighted by Crippen LogP contribution is 2.26. The van der Waals surface area contributed by atoms with E-state index < -0.39 is 5.82 Å². The molecule has 0 aliphatic heterocycles. The zero-order valence-electron chi connectivity index (χ0n) is 19.5. The van der Waals surface area contributed by atoms with Crippen LogP contribution in [-0.2, 0) is 5.75 Å². The lowest BCUT2D eigenvalue weighted by molar-refractivity contribution is 0.102. The summed E-state index contributed by atoms with van der Waals surface area (Å²) in [5.74, 6) is 1.92. The number of nitrogens with zero attached hydrogens (tertiary/aromatic N) is 4. The van der Waals surface area contributed by atoms with Crippen molar-refractivity contribution in [1.29, 1.82) is 0 Å². The molecule has 11 heteroatoms. The minimum Gasteiger partial charge on any atom is -0.397 e. The molecule has 35 heavy (non-hydrogen) atoms. The molecule has 0 aliphatic carbocycles. The van der Waals surface area contributed by atoms with Gasteiger partial charge in [0.05, 0.1) is 11.4 Å². The van der Waals surface area contributed by atoms with Crippen molar-refractivity contribution in [1.82, 2.24) is 20.2 Å². The average Bonchev–Trinajstić information content (AvgIpc) is 3.24. The van der Waals surface area contributed by atoms with Crippen molar-refractivity contribution in [2.45, 2.75) is 17.8 Å². The summed E-state index contributed by atoms with van der Waals surface area (Å²) in [5, 5.41) is 13.6. The van der Waals surface area contributed by atoms with Crippen LogP contribution in [0.5, 0.6) is 0 Å². The number of hydrogen-bond donors (Lipinski definition) is 4. The first kappa shape index (κ1) is 24.0. The number of thioether (sulfide) groups is 1. The van der Waals surface area contributed by atoms with Crippen LogP contribution in [-0.4, -0.2) is 40.2 Å². The predicted molar refractivity (Wildman–Crippen MR) is 138 cm³/mol. The Morgan fingerprint density at radius 3 is 2.51 bits per heavy atom. The van der Waals surface area contributed by atoms with Gasteiger partial charge in [0, 0.05) is 43.2 Å². The van der Waals surface area contributed by atoms with Gasteiger partial charge in [0.15, 0.2) is 11.0 Å². The number of carbonyl (C=O) groups is 1. The second-order valence-electron chi connectivity index (χ2n) is 8.02. The number of rotatable bonds is 8. The molecular formula is C24H25FN8OS. The van der Waals surface area contributed by atoms with E-state index in [-0.39, 0.29) is 11.6 Å². The van der Waals surface area contributed by atoms with E-state index in [0.717, 1.165) is 17.1 Å². The molecule has 0 bridgehead atoms. The van der Waals surface area contributed by atoms with Crippen molar-refractivity contribution < 1.29 is 9.18 Å². The fourth-order valence-corrected chi connectivity index (χ4v) is 3.94. The number of nitrogen functional groups attached to an aromatic ring is 1. The van der Waals surface area contributed by atoms with Gasteiger partial charge in [0.1, 0.15) is 17.5 Å². The van der Waals surface area contributed by atoms with Crippen LogP contribution in [0, 0.1) is 12.7 Å². The molecule has 1 amide bonds. The quantitative estimate of drug-likeness (QED) is 0.160. The number of carbonyl (C=O) groups excluding carboxylic acids is 1. The highest BCUT2D eigenvalue weighted by Gasteiger charge is 2.11. The second kappa shape index (κ2) is 10.4. The Balaban J connectivity index is 1.42. The van der Waals surface area contributed by atoms with Crippen LogP contribution >= 0.6 is 11.8 Å². The van der Waals surface area contributed by atoms with Crippen LogP contribution in [0.3, 0.4) is 0 Å². The van der Waals surface area contributed by atoms with E-state index in [0.29, 0.717) is 33.8 Å². The molecule has 0 atom stereocenters. The maximum absolute atomic E-state index is 13.2. The SMILES string of the molecule is Cc1cc(Nc2cc(N(C)C)nc(SCc3ccc(C(=O)Nc4ccc(F)cc4N)cc3)n2)n[nH]1. The van der Waals surface area contributed by atoms with E-state index in [1.54, 1.807) is 12.1 Å². The van der Waals surface area contributed by atoms with Gasteiger partial charge < -0.3 is 21.3 Å². The third-order valence-corrected chi connectivity index (χ3v) is 5.88. The highest BCUT2D eigenvalue weighted by molar-refractivity contribution is 7.98. The van der Waals surface area contributed by atoms with Crippen molar-refractivity contribution in [3.8, 4) is 0 Å². The Morgan fingerprint density at radius 1 is 1.09 bits per heavy atom. The lowest BCUT2D eigenvalue weighted by Gasteiger charge is -2.14. The van der Waals surface area contributed by atoms with Gasteiger partial charge in [0.25, 0.3) is 5.91 Å². The van der Waals surface area contributed by atoms with E-state index in [2.05, 4.69) is 30.8 Å². The molecule has 4 rings (SSSR count). The van der Waals surface area contributed by atoms with Crippen molar-refractivity contribution in [3.63, 3.8) is 0 Å². The summed E-state index contributed by atoms with van der Waals surface area (Å²) < 4.78 is 13.2. The number of amides is 1. The lowest BCUT2D eigenvalue weighted by Crippen LogP contribution is -2.13. The van der Waals surface area contributed by atoms with Gasteiger partial charge in [-0.15, -0.1) is 0 Å².